The van der Waals surface area contributed by atoms with Crippen LogP contribution >= 0.6 is 35.1 Å². The molecule has 3 aromatic carbocycles. The van der Waals surface area contributed by atoms with Crippen LogP contribution in [-0.2, 0) is 9.63 Å². The lowest BCUT2D eigenvalue weighted by Gasteiger charge is -2.07. The Morgan fingerprint density at radius 3 is 1.85 bits per heavy atom. The lowest BCUT2D eigenvalue weighted by atomic mass is 10.1. The van der Waals surface area contributed by atoms with Crippen LogP contribution in [0.25, 0.3) is 0 Å². The maximum atomic E-state index is 13.0. The second-order valence-corrected chi connectivity index (χ2v) is 9.96. The van der Waals surface area contributed by atoms with Gasteiger partial charge in [0.1, 0.15) is 5.71 Å². The standard InChI is InChI=1S/C26H22ClNO4S2/c1-17(29)19-3-9-23(10-4-19)34-24-11-5-20(6-12-24)26(31)25(28-32-18(2)30)15-16-33-22-13-7-21(27)8-14-22/h3-14H,15-16H2,1-2H3/b28-25+. The van der Waals surface area contributed by atoms with E-state index in [0.717, 1.165) is 14.7 Å². The van der Waals surface area contributed by atoms with Gasteiger partial charge in [0, 0.05) is 49.9 Å². The topological polar surface area (TPSA) is 72.8 Å². The normalized spacial score (nSPS) is 11.2. The number of rotatable bonds is 10. The van der Waals surface area contributed by atoms with Crippen LogP contribution < -0.4 is 0 Å². The van der Waals surface area contributed by atoms with Gasteiger partial charge in [-0.1, -0.05) is 40.7 Å². The molecule has 0 aliphatic heterocycles. The molecular formula is C26H22ClNO4S2. The van der Waals surface area contributed by atoms with Gasteiger partial charge in [-0.3, -0.25) is 9.59 Å². The minimum atomic E-state index is -0.585. The number of Topliss-reactive ketones (excluding diaryl/α,β-unsaturated/α-hetero) is 2. The molecule has 0 amide bonds. The van der Waals surface area contributed by atoms with Crippen molar-refractivity contribution in [2.75, 3.05) is 5.75 Å². The third-order valence-corrected chi connectivity index (χ3v) is 6.86. The molecule has 0 unspecified atom stereocenters. The van der Waals surface area contributed by atoms with E-state index in [1.165, 1.54) is 25.6 Å². The molecule has 0 heterocycles. The van der Waals surface area contributed by atoms with Gasteiger partial charge in [0.15, 0.2) is 5.78 Å². The van der Waals surface area contributed by atoms with Gasteiger partial charge in [0.05, 0.1) is 0 Å². The summed E-state index contributed by atoms with van der Waals surface area (Å²) in [7, 11) is 0. The highest BCUT2D eigenvalue weighted by Crippen LogP contribution is 2.28. The van der Waals surface area contributed by atoms with Gasteiger partial charge in [-0.15, -0.1) is 11.8 Å². The molecule has 0 bridgehead atoms. The van der Waals surface area contributed by atoms with Crippen molar-refractivity contribution in [2.45, 2.75) is 35.0 Å². The van der Waals surface area contributed by atoms with Crippen LogP contribution in [-0.4, -0.2) is 29.0 Å². The second kappa shape index (κ2) is 12.6. The number of carbonyl (C=O) groups excluding carboxylic acids is 3. The predicted octanol–water partition coefficient (Wildman–Crippen LogP) is 6.98. The van der Waals surface area contributed by atoms with Crippen molar-refractivity contribution in [3.63, 3.8) is 0 Å². The summed E-state index contributed by atoms with van der Waals surface area (Å²) in [5.41, 5.74) is 1.30. The van der Waals surface area contributed by atoms with E-state index in [2.05, 4.69) is 5.16 Å². The third-order valence-electron chi connectivity index (χ3n) is 4.58. The molecule has 174 valence electrons. The Kier molecular flexibility index (Phi) is 9.51. The largest absolute Gasteiger partial charge is 0.331 e. The molecule has 8 heteroatoms. The number of oxime groups is 1. The minimum absolute atomic E-state index is 0.0252. The Morgan fingerprint density at radius 1 is 0.794 bits per heavy atom. The predicted molar refractivity (Wildman–Crippen MR) is 137 cm³/mol. The average molecular weight is 512 g/mol. The number of hydrogen-bond acceptors (Lipinski definition) is 7. The smallest absolute Gasteiger partial charge is 0.318 e. The van der Waals surface area contributed by atoms with E-state index in [-0.39, 0.29) is 17.3 Å². The van der Waals surface area contributed by atoms with Crippen LogP contribution in [0.4, 0.5) is 0 Å². The van der Waals surface area contributed by atoms with Crippen molar-refractivity contribution in [2.24, 2.45) is 5.16 Å². The number of ketones is 2. The van der Waals surface area contributed by atoms with Gasteiger partial charge in [0.2, 0.25) is 5.78 Å². The van der Waals surface area contributed by atoms with E-state index in [1.807, 2.05) is 36.4 Å². The summed E-state index contributed by atoms with van der Waals surface area (Å²) in [4.78, 5) is 43.4. The molecular weight excluding hydrogens is 490 g/mol. The zero-order valence-corrected chi connectivity index (χ0v) is 21.0. The summed E-state index contributed by atoms with van der Waals surface area (Å²) >= 11 is 9.00. The Labute approximate surface area is 211 Å². The molecule has 0 fully saturated rings. The first kappa shape index (κ1) is 25.7. The van der Waals surface area contributed by atoms with Crippen molar-refractivity contribution in [3.05, 3.63) is 88.9 Å². The molecule has 5 nitrogen and oxygen atoms in total. The fourth-order valence-electron chi connectivity index (χ4n) is 2.85. The summed E-state index contributed by atoms with van der Waals surface area (Å²) in [5, 5.41) is 4.47. The van der Waals surface area contributed by atoms with Gasteiger partial charge in [-0.05, 0) is 67.6 Å². The van der Waals surface area contributed by atoms with Crippen molar-refractivity contribution in [1.29, 1.82) is 0 Å². The zero-order valence-electron chi connectivity index (χ0n) is 18.6. The zero-order chi connectivity index (χ0) is 24.5. The maximum absolute atomic E-state index is 13.0. The number of halogens is 1. The van der Waals surface area contributed by atoms with Crippen molar-refractivity contribution >= 4 is 58.4 Å². The SMILES string of the molecule is CC(=O)O/N=C(\CCSc1ccc(Cl)cc1)C(=O)c1ccc(Sc2ccc(C(C)=O)cc2)cc1. The number of carbonyl (C=O) groups is 3. The number of nitrogens with zero attached hydrogens (tertiary/aromatic N) is 1. The average Bonchev–Trinajstić information content (AvgIpc) is 2.82. The van der Waals surface area contributed by atoms with Crippen LogP contribution in [0.2, 0.25) is 5.02 Å². The Balaban J connectivity index is 1.66. The molecule has 3 rings (SSSR count). The van der Waals surface area contributed by atoms with E-state index < -0.39 is 5.97 Å². The summed E-state index contributed by atoms with van der Waals surface area (Å²) < 4.78 is 0. The molecule has 0 aliphatic rings. The molecule has 0 saturated carbocycles. The molecule has 0 N–H and O–H groups in total. The molecule has 0 spiro atoms. The van der Waals surface area contributed by atoms with Crippen LogP contribution in [0.1, 0.15) is 41.0 Å². The fourth-order valence-corrected chi connectivity index (χ4v) is 4.65. The minimum Gasteiger partial charge on any atom is -0.318 e. The lowest BCUT2D eigenvalue weighted by Crippen LogP contribution is -2.16. The van der Waals surface area contributed by atoms with E-state index in [0.29, 0.717) is 28.3 Å². The highest BCUT2D eigenvalue weighted by Gasteiger charge is 2.16. The highest BCUT2D eigenvalue weighted by atomic mass is 35.5. The van der Waals surface area contributed by atoms with Crippen LogP contribution in [0.3, 0.4) is 0 Å². The summed E-state index contributed by atoms with van der Waals surface area (Å²) in [6.45, 7) is 2.77. The number of benzene rings is 3. The molecule has 0 saturated heterocycles. The molecule has 0 aromatic heterocycles. The maximum Gasteiger partial charge on any atom is 0.331 e. The van der Waals surface area contributed by atoms with E-state index in [1.54, 1.807) is 48.2 Å². The van der Waals surface area contributed by atoms with Gasteiger partial charge < -0.3 is 4.84 Å². The van der Waals surface area contributed by atoms with Gasteiger partial charge in [-0.2, -0.15) is 0 Å². The molecule has 0 aliphatic carbocycles. The first-order valence-corrected chi connectivity index (χ1v) is 12.6. The quantitative estimate of drug-likeness (QED) is 0.0961. The van der Waals surface area contributed by atoms with Crippen LogP contribution in [0, 0.1) is 0 Å². The molecule has 0 radical (unpaired) electrons. The van der Waals surface area contributed by atoms with Gasteiger partial charge >= 0.3 is 5.97 Å². The fraction of sp³-hybridized carbons (Fsp3) is 0.154. The Morgan fingerprint density at radius 2 is 1.32 bits per heavy atom. The van der Waals surface area contributed by atoms with Crippen LogP contribution in [0.15, 0.2) is 92.6 Å². The third kappa shape index (κ3) is 7.87. The molecule has 34 heavy (non-hydrogen) atoms. The van der Waals surface area contributed by atoms with Crippen molar-refractivity contribution in [1.82, 2.24) is 0 Å². The Bertz CT molecular complexity index is 1190. The van der Waals surface area contributed by atoms with Crippen molar-refractivity contribution < 1.29 is 19.2 Å². The summed E-state index contributed by atoms with van der Waals surface area (Å²) in [6, 6.07) is 21.9. The second-order valence-electron chi connectivity index (χ2n) is 7.21. The van der Waals surface area contributed by atoms with Gasteiger partial charge in [0.25, 0.3) is 0 Å². The monoisotopic (exact) mass is 511 g/mol. The Hall–Kier alpha value is -2.87. The van der Waals surface area contributed by atoms with E-state index in [9.17, 15) is 14.4 Å². The van der Waals surface area contributed by atoms with Crippen molar-refractivity contribution in [3.8, 4) is 0 Å². The van der Waals surface area contributed by atoms with E-state index >= 15 is 0 Å². The first-order chi connectivity index (χ1) is 16.3. The first-order valence-electron chi connectivity index (χ1n) is 10.4. The van der Waals surface area contributed by atoms with Crippen LogP contribution in [0.5, 0.6) is 0 Å². The molecule has 0 atom stereocenters. The summed E-state index contributed by atoms with van der Waals surface area (Å²) in [6.07, 6.45) is 0.332. The lowest BCUT2D eigenvalue weighted by molar-refractivity contribution is -0.140. The van der Waals surface area contributed by atoms with Gasteiger partial charge in [-0.25, -0.2) is 4.79 Å². The number of thioether (sulfide) groups is 1. The van der Waals surface area contributed by atoms with E-state index in [4.69, 9.17) is 16.4 Å². The number of hydrogen-bond donors (Lipinski definition) is 0. The molecule has 3 aromatic rings. The summed E-state index contributed by atoms with van der Waals surface area (Å²) in [5.74, 6) is -0.270. The highest BCUT2D eigenvalue weighted by molar-refractivity contribution is 7.99.